The number of thioether (sulfide) groups is 1. The molecule has 1 aromatic carbocycles. The van der Waals surface area contributed by atoms with Crippen molar-refractivity contribution in [2.24, 2.45) is 5.92 Å². The first kappa shape index (κ1) is 18.3. The van der Waals surface area contributed by atoms with Crippen molar-refractivity contribution in [2.75, 3.05) is 11.1 Å². The number of carbonyl (C=O) groups is 1. The highest BCUT2D eigenvalue weighted by Crippen LogP contribution is 2.36. The van der Waals surface area contributed by atoms with Crippen LogP contribution in [-0.4, -0.2) is 21.6 Å². The van der Waals surface area contributed by atoms with Crippen molar-refractivity contribution in [3.8, 4) is 0 Å². The number of amides is 1. The molecule has 27 heavy (non-hydrogen) atoms. The van der Waals surface area contributed by atoms with E-state index >= 15 is 0 Å². The van der Waals surface area contributed by atoms with E-state index in [1.807, 2.05) is 30.3 Å². The molecule has 1 aliphatic rings. The zero-order valence-electron chi connectivity index (χ0n) is 15.1. The van der Waals surface area contributed by atoms with Crippen LogP contribution in [0.3, 0.4) is 0 Å². The Labute approximate surface area is 165 Å². The molecule has 4 rings (SSSR count). The maximum atomic E-state index is 12.6. The van der Waals surface area contributed by atoms with Crippen molar-refractivity contribution in [3.05, 3.63) is 51.1 Å². The quantitative estimate of drug-likeness (QED) is 0.497. The summed E-state index contributed by atoms with van der Waals surface area (Å²) in [5, 5.41) is 4.22. The Kier molecular flexibility index (Phi) is 5.31. The molecule has 2 heterocycles. The molecule has 0 saturated carbocycles. The van der Waals surface area contributed by atoms with Crippen LogP contribution in [0.1, 0.15) is 30.2 Å². The largest absolute Gasteiger partial charge is 0.326 e. The number of nitrogens with zero attached hydrogens (tertiary/aromatic N) is 1. The smallest absolute Gasteiger partial charge is 0.260 e. The lowest BCUT2D eigenvalue weighted by atomic mass is 9.89. The van der Waals surface area contributed by atoms with Gasteiger partial charge in [-0.3, -0.25) is 9.59 Å². The Morgan fingerprint density at radius 1 is 1.37 bits per heavy atom. The lowest BCUT2D eigenvalue weighted by molar-refractivity contribution is -0.115. The zero-order chi connectivity index (χ0) is 18.8. The maximum absolute atomic E-state index is 12.6. The predicted octanol–water partition coefficient (Wildman–Crippen LogP) is 4.23. The Morgan fingerprint density at radius 3 is 3.00 bits per heavy atom. The number of aromatic amines is 1. The van der Waals surface area contributed by atoms with Gasteiger partial charge in [-0.25, -0.2) is 4.98 Å². The number of H-pyrrole nitrogens is 1. The molecule has 140 valence electrons. The number of aromatic nitrogens is 2. The van der Waals surface area contributed by atoms with E-state index < -0.39 is 0 Å². The molecule has 5 nitrogen and oxygen atoms in total. The average molecular weight is 400 g/mol. The molecule has 7 heteroatoms. The molecule has 0 bridgehead atoms. The normalized spacial score (nSPS) is 16.3. The number of benzene rings is 1. The molecule has 0 aliphatic heterocycles. The van der Waals surface area contributed by atoms with E-state index in [4.69, 9.17) is 0 Å². The Balaban J connectivity index is 1.42. The Morgan fingerprint density at radius 2 is 2.19 bits per heavy atom. The summed E-state index contributed by atoms with van der Waals surface area (Å²) >= 11 is 3.06. The van der Waals surface area contributed by atoms with Crippen molar-refractivity contribution in [3.63, 3.8) is 0 Å². The standard InChI is InChI=1S/C20H21N3O2S2/c1-12-7-8-14-15(11-12)27-19-17(14)18(25)22-20(23-19)26-10-9-16(24)21-13-5-3-2-4-6-13/h2-6,12H,7-11H2,1H3,(H,21,24)(H,22,23,25). The van der Waals surface area contributed by atoms with E-state index in [9.17, 15) is 9.59 Å². The number of thiophene rings is 1. The molecular formula is C20H21N3O2S2. The Bertz CT molecular complexity index is 1030. The van der Waals surface area contributed by atoms with Crippen LogP contribution in [0.15, 0.2) is 40.3 Å². The summed E-state index contributed by atoms with van der Waals surface area (Å²) in [5.74, 6) is 1.19. The third-order valence-corrected chi connectivity index (χ3v) is 6.79. The van der Waals surface area contributed by atoms with Crippen LogP contribution in [0.4, 0.5) is 5.69 Å². The van der Waals surface area contributed by atoms with Gasteiger partial charge in [0.15, 0.2) is 5.16 Å². The maximum Gasteiger partial charge on any atom is 0.260 e. The van der Waals surface area contributed by atoms with Crippen LogP contribution < -0.4 is 10.9 Å². The summed E-state index contributed by atoms with van der Waals surface area (Å²) in [4.78, 5) is 34.3. The van der Waals surface area contributed by atoms with Gasteiger partial charge in [-0.2, -0.15) is 0 Å². The van der Waals surface area contributed by atoms with Gasteiger partial charge in [0.2, 0.25) is 5.91 Å². The van der Waals surface area contributed by atoms with Crippen molar-refractivity contribution in [2.45, 2.75) is 37.8 Å². The number of carbonyl (C=O) groups excluding carboxylic acids is 1. The van der Waals surface area contributed by atoms with Crippen molar-refractivity contribution in [1.82, 2.24) is 9.97 Å². The number of anilines is 1. The molecule has 3 aromatic rings. The number of rotatable bonds is 5. The monoisotopic (exact) mass is 399 g/mol. The number of para-hydroxylation sites is 1. The van der Waals surface area contributed by atoms with Gasteiger partial charge in [-0.05, 0) is 42.9 Å². The predicted molar refractivity (Wildman–Crippen MR) is 112 cm³/mol. The van der Waals surface area contributed by atoms with Crippen molar-refractivity contribution < 1.29 is 4.79 Å². The summed E-state index contributed by atoms with van der Waals surface area (Å²) in [5.41, 5.74) is 1.93. The molecule has 2 N–H and O–H groups in total. The topological polar surface area (TPSA) is 74.8 Å². The highest BCUT2D eigenvalue weighted by molar-refractivity contribution is 7.99. The van der Waals surface area contributed by atoms with E-state index in [1.165, 1.54) is 22.2 Å². The number of hydrogen-bond donors (Lipinski definition) is 2. The minimum atomic E-state index is -0.0525. The van der Waals surface area contributed by atoms with Gasteiger partial charge < -0.3 is 10.3 Å². The number of aryl methyl sites for hydroxylation is 1. The minimum Gasteiger partial charge on any atom is -0.326 e. The number of hydrogen-bond acceptors (Lipinski definition) is 5. The van der Waals surface area contributed by atoms with Crippen LogP contribution in [0.25, 0.3) is 10.2 Å². The second-order valence-corrected chi connectivity index (χ2v) is 9.08. The molecule has 1 aliphatic carbocycles. The lowest BCUT2D eigenvalue weighted by Gasteiger charge is -2.17. The molecule has 1 amide bonds. The first-order valence-corrected chi connectivity index (χ1v) is 10.9. The second-order valence-electron chi connectivity index (χ2n) is 6.92. The van der Waals surface area contributed by atoms with Gasteiger partial charge in [0, 0.05) is 22.7 Å². The molecular weight excluding hydrogens is 378 g/mol. The van der Waals surface area contributed by atoms with Crippen LogP contribution >= 0.6 is 23.1 Å². The van der Waals surface area contributed by atoms with Crippen LogP contribution in [0, 0.1) is 5.92 Å². The van der Waals surface area contributed by atoms with E-state index in [0.717, 1.165) is 35.2 Å². The van der Waals surface area contributed by atoms with E-state index in [-0.39, 0.29) is 11.5 Å². The zero-order valence-corrected chi connectivity index (χ0v) is 16.7. The van der Waals surface area contributed by atoms with Crippen LogP contribution in [-0.2, 0) is 17.6 Å². The summed E-state index contributed by atoms with van der Waals surface area (Å²) in [6.45, 7) is 2.26. The van der Waals surface area contributed by atoms with Gasteiger partial charge in [0.25, 0.3) is 5.56 Å². The molecule has 1 atom stereocenters. The highest BCUT2D eigenvalue weighted by atomic mass is 32.2. The minimum absolute atomic E-state index is 0.0438. The summed E-state index contributed by atoms with van der Waals surface area (Å²) in [6.07, 6.45) is 3.50. The van der Waals surface area contributed by atoms with E-state index in [2.05, 4.69) is 22.2 Å². The summed E-state index contributed by atoms with van der Waals surface area (Å²) in [6, 6.07) is 9.40. The fourth-order valence-electron chi connectivity index (χ4n) is 3.38. The van der Waals surface area contributed by atoms with Crippen molar-refractivity contribution in [1.29, 1.82) is 0 Å². The number of fused-ring (bicyclic) bond motifs is 3. The van der Waals surface area contributed by atoms with Gasteiger partial charge in [0.1, 0.15) is 4.83 Å². The van der Waals surface area contributed by atoms with E-state index in [0.29, 0.717) is 23.2 Å². The van der Waals surface area contributed by atoms with Gasteiger partial charge in [-0.15, -0.1) is 11.3 Å². The van der Waals surface area contributed by atoms with Crippen LogP contribution in [0.5, 0.6) is 0 Å². The summed E-state index contributed by atoms with van der Waals surface area (Å²) < 4.78 is 0. The first-order valence-electron chi connectivity index (χ1n) is 9.12. The van der Waals surface area contributed by atoms with Crippen molar-refractivity contribution >= 4 is 44.9 Å². The fraction of sp³-hybridized carbons (Fsp3) is 0.350. The third-order valence-electron chi connectivity index (χ3n) is 4.77. The molecule has 0 spiro atoms. The molecule has 2 aromatic heterocycles. The fourth-order valence-corrected chi connectivity index (χ4v) is 5.63. The van der Waals surface area contributed by atoms with Gasteiger partial charge in [-0.1, -0.05) is 36.9 Å². The lowest BCUT2D eigenvalue weighted by Crippen LogP contribution is -2.14. The second kappa shape index (κ2) is 7.86. The van der Waals surface area contributed by atoms with Gasteiger partial charge in [0.05, 0.1) is 5.39 Å². The average Bonchev–Trinajstić information content (AvgIpc) is 3.00. The molecule has 1 unspecified atom stereocenters. The molecule has 0 radical (unpaired) electrons. The molecule has 0 saturated heterocycles. The highest BCUT2D eigenvalue weighted by Gasteiger charge is 2.23. The first-order chi connectivity index (χ1) is 13.1. The van der Waals surface area contributed by atoms with Gasteiger partial charge >= 0.3 is 0 Å². The molecule has 0 fully saturated rings. The summed E-state index contributed by atoms with van der Waals surface area (Å²) in [7, 11) is 0. The SMILES string of the molecule is CC1CCc2c(sc3nc(SCCC(=O)Nc4ccccc4)[nH]c(=O)c23)C1. The Hall–Kier alpha value is -2.12. The third kappa shape index (κ3) is 4.09. The van der Waals surface area contributed by atoms with E-state index in [1.54, 1.807) is 11.3 Å². The van der Waals surface area contributed by atoms with Crippen LogP contribution in [0.2, 0.25) is 0 Å². The number of nitrogens with one attached hydrogen (secondary N) is 2.